The third-order valence-electron chi connectivity index (χ3n) is 9.13. The van der Waals surface area contributed by atoms with Gasteiger partial charge in [0.2, 0.25) is 17.7 Å². The molecule has 244 valence electrons. The molecule has 1 aromatic carbocycles. The van der Waals surface area contributed by atoms with E-state index in [2.05, 4.69) is 10.2 Å². The van der Waals surface area contributed by atoms with E-state index in [9.17, 15) is 19.2 Å². The van der Waals surface area contributed by atoms with Crippen LogP contribution in [0.1, 0.15) is 91.7 Å². The van der Waals surface area contributed by atoms with E-state index in [1.165, 1.54) is 0 Å². The van der Waals surface area contributed by atoms with Crippen molar-refractivity contribution in [1.82, 2.24) is 20.0 Å². The summed E-state index contributed by atoms with van der Waals surface area (Å²) >= 11 is 0. The zero-order chi connectivity index (χ0) is 32.6. The van der Waals surface area contributed by atoms with E-state index in [-0.39, 0.29) is 53.7 Å². The van der Waals surface area contributed by atoms with Crippen LogP contribution >= 0.6 is 0 Å². The minimum Gasteiger partial charge on any atom is -0.456 e. The van der Waals surface area contributed by atoms with Crippen LogP contribution < -0.4 is 5.32 Å². The van der Waals surface area contributed by atoms with E-state index in [0.29, 0.717) is 25.0 Å². The van der Waals surface area contributed by atoms with E-state index in [1.807, 2.05) is 78.1 Å². The van der Waals surface area contributed by atoms with Gasteiger partial charge in [-0.1, -0.05) is 77.4 Å². The van der Waals surface area contributed by atoms with Gasteiger partial charge in [0.1, 0.15) is 18.2 Å². The molecule has 2 saturated heterocycles. The third kappa shape index (κ3) is 8.71. The molecule has 0 spiro atoms. The summed E-state index contributed by atoms with van der Waals surface area (Å²) in [6, 6.07) is 7.73. The van der Waals surface area contributed by atoms with Crippen molar-refractivity contribution in [2.24, 2.45) is 11.8 Å². The lowest BCUT2D eigenvalue weighted by Gasteiger charge is -2.36. The molecule has 9 nitrogen and oxygen atoms in total. The number of benzene rings is 1. The van der Waals surface area contributed by atoms with Gasteiger partial charge in [0.15, 0.2) is 0 Å². The number of amides is 3. The van der Waals surface area contributed by atoms with Gasteiger partial charge in [-0.05, 0) is 70.0 Å². The minimum atomic E-state index is -0.678. The summed E-state index contributed by atoms with van der Waals surface area (Å²) < 4.78 is 5.91. The molecular weight excluding hydrogens is 556 g/mol. The van der Waals surface area contributed by atoms with Crippen molar-refractivity contribution in [1.29, 1.82) is 0 Å². The molecule has 0 bridgehead atoms. The molecule has 5 atom stereocenters. The highest BCUT2D eigenvalue weighted by atomic mass is 16.5. The fraction of sp³-hybridized carbons (Fsp3) is 0.657. The topological polar surface area (TPSA) is 99.3 Å². The third-order valence-corrected chi connectivity index (χ3v) is 9.13. The van der Waals surface area contributed by atoms with Crippen LogP contribution in [0.5, 0.6) is 0 Å². The first-order valence-corrected chi connectivity index (χ1v) is 16.4. The average molecular weight is 611 g/mol. The SMILES string of the molecule is CC[C@@H](OC(=O)[C@@H]1CCCN1C(=O)/C(C)=C/[C@H](C(C)C)N(C)C(=O)[C@@H](NC(=O)C1CCCCN1C)C(C)C)c1ccccc1. The number of hydrogen-bond acceptors (Lipinski definition) is 6. The Morgan fingerprint density at radius 3 is 2.23 bits per heavy atom. The smallest absolute Gasteiger partial charge is 0.329 e. The Bertz CT molecular complexity index is 1170. The van der Waals surface area contributed by atoms with Crippen molar-refractivity contribution in [3.8, 4) is 0 Å². The summed E-state index contributed by atoms with van der Waals surface area (Å²) in [5, 5.41) is 3.04. The molecule has 2 aliphatic rings. The maximum atomic E-state index is 13.8. The summed E-state index contributed by atoms with van der Waals surface area (Å²) in [6.07, 6.45) is 6.24. The van der Waals surface area contributed by atoms with Crippen LogP contribution in [0.2, 0.25) is 0 Å². The quantitative estimate of drug-likeness (QED) is 0.272. The van der Waals surface area contributed by atoms with Crippen LogP contribution in [0.15, 0.2) is 42.0 Å². The molecule has 9 heteroatoms. The monoisotopic (exact) mass is 610 g/mol. The maximum absolute atomic E-state index is 13.8. The Morgan fingerprint density at radius 2 is 1.64 bits per heavy atom. The molecule has 0 radical (unpaired) electrons. The number of carbonyl (C=O) groups is 4. The summed E-state index contributed by atoms with van der Waals surface area (Å²) in [5.41, 5.74) is 1.41. The molecule has 3 rings (SSSR count). The highest BCUT2D eigenvalue weighted by Gasteiger charge is 2.38. The van der Waals surface area contributed by atoms with Gasteiger partial charge in [-0.2, -0.15) is 0 Å². The lowest BCUT2D eigenvalue weighted by Crippen LogP contribution is -2.57. The molecule has 0 saturated carbocycles. The van der Waals surface area contributed by atoms with Crippen molar-refractivity contribution in [3.05, 3.63) is 47.5 Å². The molecule has 1 N–H and O–H groups in total. The molecular formula is C35H54N4O5. The van der Waals surface area contributed by atoms with Gasteiger partial charge in [-0.25, -0.2) is 4.79 Å². The number of rotatable bonds is 12. The normalized spacial score (nSPS) is 21.6. The fourth-order valence-corrected chi connectivity index (χ4v) is 6.37. The highest BCUT2D eigenvalue weighted by molar-refractivity contribution is 5.96. The van der Waals surface area contributed by atoms with Crippen molar-refractivity contribution in [2.75, 3.05) is 27.2 Å². The number of likely N-dealkylation sites (N-methyl/N-ethyl adjacent to an activating group) is 2. The molecule has 1 unspecified atom stereocenters. The Hall–Kier alpha value is -3.20. The van der Waals surface area contributed by atoms with E-state index in [1.54, 1.807) is 23.8 Å². The van der Waals surface area contributed by atoms with Gasteiger partial charge in [-0.15, -0.1) is 0 Å². The zero-order valence-electron chi connectivity index (χ0n) is 28.0. The van der Waals surface area contributed by atoms with Gasteiger partial charge < -0.3 is 19.9 Å². The average Bonchev–Trinajstić information content (AvgIpc) is 3.50. The lowest BCUT2D eigenvalue weighted by molar-refractivity contribution is -0.157. The maximum Gasteiger partial charge on any atom is 0.329 e. The van der Waals surface area contributed by atoms with E-state index in [4.69, 9.17) is 4.74 Å². The molecule has 44 heavy (non-hydrogen) atoms. The number of hydrogen-bond donors (Lipinski definition) is 1. The minimum absolute atomic E-state index is 0.00946. The standard InChI is InChI=1S/C35H54N4O5/c1-9-30(26-16-11-10-12-17-26)44-35(43)28-19-15-21-39(28)33(41)25(6)22-29(23(2)3)38(8)34(42)31(24(4)5)36-32(40)27-18-13-14-20-37(27)7/h10-12,16-17,22-24,27-31H,9,13-15,18-21H2,1-8H3,(H,36,40)/b25-22+/t27?,28-,29+,30+,31-/m0/s1. The van der Waals surface area contributed by atoms with Crippen LogP contribution in [0, 0.1) is 11.8 Å². The lowest BCUT2D eigenvalue weighted by atomic mass is 9.96. The largest absolute Gasteiger partial charge is 0.456 e. The first-order valence-electron chi connectivity index (χ1n) is 16.4. The van der Waals surface area contributed by atoms with Crippen LogP contribution in [-0.4, -0.2) is 89.7 Å². The molecule has 2 aliphatic heterocycles. The summed E-state index contributed by atoms with van der Waals surface area (Å²) in [7, 11) is 3.69. The summed E-state index contributed by atoms with van der Waals surface area (Å²) in [4.78, 5) is 59.4. The second-order valence-electron chi connectivity index (χ2n) is 13.2. The van der Waals surface area contributed by atoms with Crippen LogP contribution in [0.3, 0.4) is 0 Å². The van der Waals surface area contributed by atoms with Gasteiger partial charge in [-0.3, -0.25) is 19.3 Å². The van der Waals surface area contributed by atoms with E-state index >= 15 is 0 Å². The number of nitrogens with one attached hydrogen (secondary N) is 1. The van der Waals surface area contributed by atoms with E-state index in [0.717, 1.165) is 37.8 Å². The summed E-state index contributed by atoms with van der Waals surface area (Å²) in [5.74, 6) is -1.00. The zero-order valence-corrected chi connectivity index (χ0v) is 28.0. The first kappa shape index (κ1) is 35.3. The second-order valence-corrected chi connectivity index (χ2v) is 13.2. The van der Waals surface area contributed by atoms with Crippen molar-refractivity contribution in [2.45, 2.75) is 110 Å². The molecule has 1 aromatic rings. The highest BCUT2D eigenvalue weighted by Crippen LogP contribution is 2.27. The molecule has 2 fully saturated rings. The van der Waals surface area contributed by atoms with Gasteiger partial charge in [0.25, 0.3) is 0 Å². The number of likely N-dealkylation sites (tertiary alicyclic amines) is 2. The number of carbonyl (C=O) groups excluding carboxylic acids is 4. The first-order chi connectivity index (χ1) is 20.9. The Kier molecular flexibility index (Phi) is 13.0. The van der Waals surface area contributed by atoms with Crippen LogP contribution in [-0.2, 0) is 23.9 Å². The molecule has 0 aliphatic carbocycles. The Labute approximate surface area is 264 Å². The van der Waals surface area contributed by atoms with E-state index < -0.39 is 12.1 Å². The fourth-order valence-electron chi connectivity index (χ4n) is 6.37. The molecule has 3 amide bonds. The Morgan fingerprint density at radius 1 is 0.977 bits per heavy atom. The van der Waals surface area contributed by atoms with Crippen molar-refractivity contribution < 1.29 is 23.9 Å². The Balaban J connectivity index is 1.73. The van der Waals surface area contributed by atoms with Crippen LogP contribution in [0.4, 0.5) is 0 Å². The predicted octanol–water partition coefficient (Wildman–Crippen LogP) is 4.73. The van der Waals surface area contributed by atoms with Gasteiger partial charge >= 0.3 is 5.97 Å². The molecule has 0 aromatic heterocycles. The molecule has 2 heterocycles. The number of ether oxygens (including phenoxy) is 1. The summed E-state index contributed by atoms with van der Waals surface area (Å²) in [6.45, 7) is 12.9. The van der Waals surface area contributed by atoms with Crippen molar-refractivity contribution >= 4 is 23.7 Å². The number of nitrogens with zero attached hydrogens (tertiary/aromatic N) is 3. The second kappa shape index (κ2) is 16.2. The number of esters is 1. The van der Waals surface area contributed by atoms with Crippen LogP contribution in [0.25, 0.3) is 0 Å². The van der Waals surface area contributed by atoms with Gasteiger partial charge in [0.05, 0.1) is 12.1 Å². The van der Waals surface area contributed by atoms with Crippen molar-refractivity contribution in [3.63, 3.8) is 0 Å². The van der Waals surface area contributed by atoms with Gasteiger partial charge in [0, 0.05) is 19.2 Å². The predicted molar refractivity (Wildman–Crippen MR) is 172 cm³/mol. The number of piperidine rings is 1.